The molecule has 1 aromatic carbocycles. The van der Waals surface area contributed by atoms with E-state index in [4.69, 9.17) is 9.72 Å². The lowest BCUT2D eigenvalue weighted by molar-refractivity contribution is 0.0708. The molecule has 33 heavy (non-hydrogen) atoms. The van der Waals surface area contributed by atoms with Crippen molar-refractivity contribution in [3.63, 3.8) is 0 Å². The van der Waals surface area contributed by atoms with Gasteiger partial charge in [-0.15, -0.1) is 0 Å². The zero-order chi connectivity index (χ0) is 23.0. The number of nitrogens with zero attached hydrogens (tertiary/aromatic N) is 5. The molecule has 1 aliphatic heterocycles. The summed E-state index contributed by atoms with van der Waals surface area (Å²) in [4.78, 5) is 17.7. The fraction of sp³-hybridized carbons (Fsp3) is 0.480. The first-order chi connectivity index (χ1) is 16.0. The molecule has 0 spiro atoms. The molecular formula is C25H30FN5O2. The zero-order valence-corrected chi connectivity index (χ0v) is 19.1. The van der Waals surface area contributed by atoms with Crippen LogP contribution >= 0.6 is 0 Å². The number of alkyl halides is 1. The van der Waals surface area contributed by atoms with Gasteiger partial charge in [0.15, 0.2) is 11.5 Å². The van der Waals surface area contributed by atoms with Crippen molar-refractivity contribution in [3.05, 3.63) is 54.1 Å². The van der Waals surface area contributed by atoms with E-state index in [9.17, 15) is 5.11 Å². The summed E-state index contributed by atoms with van der Waals surface area (Å²) in [6.45, 7) is 2.04. The summed E-state index contributed by atoms with van der Waals surface area (Å²) in [6.07, 6.45) is 5.46. The molecule has 8 heteroatoms. The van der Waals surface area contributed by atoms with Gasteiger partial charge in [-0.3, -0.25) is 4.98 Å². The number of methoxy groups -OCH3 is 1. The van der Waals surface area contributed by atoms with E-state index in [-0.39, 0.29) is 24.5 Å². The van der Waals surface area contributed by atoms with Gasteiger partial charge in [-0.05, 0) is 55.2 Å². The second-order valence-corrected chi connectivity index (χ2v) is 9.08. The molecule has 0 amide bonds. The number of aliphatic hydroxyl groups excluding tert-OH is 1. The van der Waals surface area contributed by atoms with Crippen LogP contribution in [-0.4, -0.2) is 66.6 Å². The van der Waals surface area contributed by atoms with Crippen LogP contribution in [0.4, 0.5) is 15.9 Å². The van der Waals surface area contributed by atoms with Crippen LogP contribution in [0.25, 0.3) is 10.9 Å². The minimum atomic E-state index is -1.41. The third-order valence-electron chi connectivity index (χ3n) is 6.92. The number of ether oxygens (including phenoxy) is 1. The smallest absolute Gasteiger partial charge is 0.170 e. The summed E-state index contributed by atoms with van der Waals surface area (Å²) in [7, 11) is 3.68. The average Bonchev–Trinajstić information content (AvgIpc) is 3.61. The molecule has 0 radical (unpaired) electrons. The van der Waals surface area contributed by atoms with Gasteiger partial charge in [-0.1, -0.05) is 0 Å². The minimum absolute atomic E-state index is 0.0184. The Balaban J connectivity index is 1.53. The van der Waals surface area contributed by atoms with Gasteiger partial charge in [0.05, 0.1) is 18.2 Å². The van der Waals surface area contributed by atoms with E-state index in [1.807, 2.05) is 54.7 Å². The van der Waals surface area contributed by atoms with Gasteiger partial charge in [0.1, 0.15) is 5.82 Å². The second-order valence-electron chi connectivity index (χ2n) is 9.08. The van der Waals surface area contributed by atoms with Gasteiger partial charge in [-0.2, -0.15) is 0 Å². The fourth-order valence-corrected chi connectivity index (χ4v) is 4.73. The van der Waals surface area contributed by atoms with Crippen molar-refractivity contribution in [2.24, 2.45) is 0 Å². The molecule has 2 aromatic heterocycles. The Morgan fingerprint density at radius 2 is 2.00 bits per heavy atom. The highest BCUT2D eigenvalue weighted by molar-refractivity contribution is 5.92. The number of aliphatic hydroxyl groups is 1. The van der Waals surface area contributed by atoms with Gasteiger partial charge in [0.2, 0.25) is 0 Å². The molecule has 0 bridgehead atoms. The number of pyridine rings is 1. The number of likely N-dealkylation sites (N-methyl/N-ethyl adjacent to an activating group) is 1. The molecule has 1 aliphatic carbocycles. The van der Waals surface area contributed by atoms with Crippen LogP contribution in [0, 0.1) is 0 Å². The number of halogens is 1. The van der Waals surface area contributed by atoms with Crippen LogP contribution in [0.15, 0.2) is 42.7 Å². The second kappa shape index (κ2) is 8.83. The van der Waals surface area contributed by atoms with Crippen molar-refractivity contribution in [1.82, 2.24) is 15.0 Å². The first kappa shape index (κ1) is 22.0. The van der Waals surface area contributed by atoms with Crippen molar-refractivity contribution < 1.29 is 14.2 Å². The van der Waals surface area contributed by atoms with Gasteiger partial charge in [0.25, 0.3) is 0 Å². The predicted octanol–water partition coefficient (Wildman–Crippen LogP) is 3.42. The molecule has 2 atom stereocenters. The Labute approximate surface area is 193 Å². The number of benzene rings is 1. The minimum Gasteiger partial charge on any atom is -0.395 e. The van der Waals surface area contributed by atoms with Crippen molar-refractivity contribution in [3.8, 4) is 0 Å². The summed E-state index contributed by atoms with van der Waals surface area (Å²) in [6, 6.07) is 10.0. The quantitative estimate of drug-likeness (QED) is 0.590. The predicted molar refractivity (Wildman–Crippen MR) is 127 cm³/mol. The van der Waals surface area contributed by atoms with Gasteiger partial charge in [0, 0.05) is 63.2 Å². The molecule has 1 saturated carbocycles. The lowest BCUT2D eigenvalue weighted by Gasteiger charge is -2.39. The standard InChI is InChI=1S/C25H30FN5O2/c1-30(13-14-32)18-3-4-21-20(15-18)23(29-24(28-21)25(26)8-9-25)31-12-7-19(22(16-31)33-2)17-5-10-27-11-6-17/h3-6,10-11,15,19,22,32H,7-9,12-14,16H2,1-2H3. The van der Waals surface area contributed by atoms with Crippen LogP contribution in [-0.2, 0) is 10.4 Å². The zero-order valence-electron chi connectivity index (χ0n) is 19.1. The number of fused-ring (bicyclic) bond motifs is 1. The average molecular weight is 452 g/mol. The Morgan fingerprint density at radius 1 is 1.21 bits per heavy atom. The Kier molecular flexibility index (Phi) is 5.88. The molecule has 1 N–H and O–H groups in total. The van der Waals surface area contributed by atoms with E-state index < -0.39 is 5.67 Å². The van der Waals surface area contributed by atoms with Gasteiger partial charge < -0.3 is 19.6 Å². The Bertz CT molecular complexity index is 1120. The molecule has 3 heterocycles. The molecule has 2 unspecified atom stereocenters. The summed E-state index contributed by atoms with van der Waals surface area (Å²) < 4.78 is 20.9. The Morgan fingerprint density at radius 3 is 2.70 bits per heavy atom. The lowest BCUT2D eigenvalue weighted by Crippen LogP contribution is -2.44. The number of rotatable bonds is 7. The summed E-state index contributed by atoms with van der Waals surface area (Å²) in [5, 5.41) is 10.2. The highest BCUT2D eigenvalue weighted by Crippen LogP contribution is 2.49. The van der Waals surface area contributed by atoms with E-state index in [1.54, 1.807) is 7.11 Å². The summed E-state index contributed by atoms with van der Waals surface area (Å²) >= 11 is 0. The van der Waals surface area contributed by atoms with Crippen molar-refractivity contribution in [2.45, 2.75) is 37.0 Å². The van der Waals surface area contributed by atoms with Crippen molar-refractivity contribution in [2.75, 3.05) is 50.2 Å². The van der Waals surface area contributed by atoms with Gasteiger partial charge >= 0.3 is 0 Å². The largest absolute Gasteiger partial charge is 0.395 e. The number of hydrogen-bond acceptors (Lipinski definition) is 7. The molecular weight excluding hydrogens is 421 g/mol. The van der Waals surface area contributed by atoms with Gasteiger partial charge in [-0.25, -0.2) is 14.4 Å². The number of anilines is 2. The first-order valence-corrected chi connectivity index (χ1v) is 11.5. The maximum Gasteiger partial charge on any atom is 0.170 e. The van der Waals surface area contributed by atoms with Crippen LogP contribution < -0.4 is 9.80 Å². The fourth-order valence-electron chi connectivity index (χ4n) is 4.73. The third-order valence-corrected chi connectivity index (χ3v) is 6.92. The molecule has 174 valence electrons. The van der Waals surface area contributed by atoms with Crippen molar-refractivity contribution in [1.29, 1.82) is 0 Å². The highest BCUT2D eigenvalue weighted by Gasteiger charge is 2.48. The lowest BCUT2D eigenvalue weighted by atomic mass is 9.87. The van der Waals surface area contributed by atoms with Crippen molar-refractivity contribution >= 4 is 22.4 Å². The van der Waals surface area contributed by atoms with E-state index in [2.05, 4.69) is 14.9 Å². The normalized spacial score (nSPS) is 21.9. The number of aromatic nitrogens is 3. The molecule has 1 saturated heterocycles. The molecule has 7 nitrogen and oxygen atoms in total. The molecule has 2 fully saturated rings. The van der Waals surface area contributed by atoms with Crippen LogP contribution in [0.5, 0.6) is 0 Å². The highest BCUT2D eigenvalue weighted by atomic mass is 19.1. The van der Waals surface area contributed by atoms with Crippen LogP contribution in [0.3, 0.4) is 0 Å². The topological polar surface area (TPSA) is 74.6 Å². The van der Waals surface area contributed by atoms with E-state index in [1.165, 1.54) is 5.56 Å². The van der Waals surface area contributed by atoms with E-state index in [0.29, 0.717) is 25.9 Å². The van der Waals surface area contributed by atoms with E-state index in [0.717, 1.165) is 35.4 Å². The van der Waals surface area contributed by atoms with Crippen LogP contribution in [0.1, 0.15) is 36.6 Å². The molecule has 2 aliphatic rings. The first-order valence-electron chi connectivity index (χ1n) is 11.5. The maximum absolute atomic E-state index is 15.0. The molecule has 5 rings (SSSR count). The van der Waals surface area contributed by atoms with E-state index >= 15 is 4.39 Å². The summed E-state index contributed by atoms with van der Waals surface area (Å²) in [5.41, 5.74) is 1.51. The third kappa shape index (κ3) is 4.25. The Hall–Kier alpha value is -2.84. The number of piperidine rings is 1. The summed E-state index contributed by atoms with van der Waals surface area (Å²) in [5.74, 6) is 1.31. The van der Waals surface area contributed by atoms with Crippen LogP contribution in [0.2, 0.25) is 0 Å². The maximum atomic E-state index is 15.0. The monoisotopic (exact) mass is 451 g/mol. The SMILES string of the molecule is COC1CN(c2nc(C3(F)CC3)nc3ccc(N(C)CCO)cc23)CCC1c1ccncc1. The number of hydrogen-bond donors (Lipinski definition) is 1. The molecule has 3 aromatic rings.